The maximum atomic E-state index is 11.7. The van der Waals surface area contributed by atoms with E-state index < -0.39 is 5.76 Å². The highest BCUT2D eigenvalue weighted by atomic mass is 35.5. The first-order valence-electron chi connectivity index (χ1n) is 13.9. The number of nitrogens with zero attached hydrogens (tertiary/aromatic N) is 6. The van der Waals surface area contributed by atoms with Gasteiger partial charge < -0.3 is 14.2 Å². The number of H-pyrrole nitrogens is 1. The quantitative estimate of drug-likeness (QED) is 0.313. The standard InChI is InChI=1S/C28H34ClN7O3/c1-3-38-16-21-5-4-10-35(21)27-32-22-12-23(26-33-28(37)39-34-26)31-24(19-11-20(29)14-30-13-19)25(22)36(27)15-18-8-6-17(2)7-9-18/h11-14,17-18,21H,3-10,15-16H2,1-2H3,(H,33,34,37)/t17?,18?,21-/m0/s1. The fourth-order valence-electron chi connectivity index (χ4n) is 6.04. The van der Waals surface area contributed by atoms with E-state index in [1.807, 2.05) is 19.1 Å². The SMILES string of the molecule is CCOC[C@@H]1CCCN1c1nc2cc(-c3noc(=O)[nH]3)nc(-c3cncc(Cl)c3)c2n1CC1CCC(C)CC1. The van der Waals surface area contributed by atoms with Crippen molar-refractivity contribution in [3.05, 3.63) is 40.1 Å². The molecule has 206 valence electrons. The van der Waals surface area contributed by atoms with E-state index in [-0.39, 0.29) is 11.9 Å². The zero-order chi connectivity index (χ0) is 26.9. The van der Waals surface area contributed by atoms with E-state index in [4.69, 9.17) is 30.8 Å². The van der Waals surface area contributed by atoms with Crippen LogP contribution in [0, 0.1) is 11.8 Å². The van der Waals surface area contributed by atoms with Gasteiger partial charge in [-0.1, -0.05) is 36.5 Å². The van der Waals surface area contributed by atoms with Gasteiger partial charge in [-0.05, 0) is 56.6 Å². The molecule has 0 spiro atoms. The number of hydrogen-bond acceptors (Lipinski definition) is 8. The van der Waals surface area contributed by atoms with Crippen LogP contribution in [0.5, 0.6) is 0 Å². The Morgan fingerprint density at radius 1 is 1.15 bits per heavy atom. The summed E-state index contributed by atoms with van der Waals surface area (Å²) in [6, 6.07) is 4.00. The van der Waals surface area contributed by atoms with E-state index in [1.54, 1.807) is 12.4 Å². The molecule has 0 radical (unpaired) electrons. The molecule has 10 nitrogen and oxygen atoms in total. The first-order chi connectivity index (χ1) is 19.0. The molecule has 0 amide bonds. The molecule has 5 heterocycles. The van der Waals surface area contributed by atoms with Crippen molar-refractivity contribution >= 4 is 28.6 Å². The molecule has 0 aromatic carbocycles. The summed E-state index contributed by atoms with van der Waals surface area (Å²) in [6.45, 7) is 7.53. The van der Waals surface area contributed by atoms with Crippen LogP contribution >= 0.6 is 11.6 Å². The van der Waals surface area contributed by atoms with Gasteiger partial charge >= 0.3 is 5.76 Å². The maximum absolute atomic E-state index is 11.7. The molecule has 1 aliphatic carbocycles. The zero-order valence-electron chi connectivity index (χ0n) is 22.4. The Bertz CT molecular complexity index is 1500. The van der Waals surface area contributed by atoms with Crippen molar-refractivity contribution in [3.8, 4) is 22.8 Å². The lowest BCUT2D eigenvalue weighted by Crippen LogP contribution is -2.35. The first kappa shape index (κ1) is 26.0. The lowest BCUT2D eigenvalue weighted by atomic mass is 9.83. The van der Waals surface area contributed by atoms with Crippen molar-refractivity contribution in [2.24, 2.45) is 11.8 Å². The number of halogens is 1. The molecule has 11 heteroatoms. The number of anilines is 1. The smallest absolute Gasteiger partial charge is 0.380 e. The number of fused-ring (bicyclic) bond motifs is 1. The van der Waals surface area contributed by atoms with E-state index in [0.29, 0.717) is 35.5 Å². The maximum Gasteiger partial charge on any atom is 0.439 e. The van der Waals surface area contributed by atoms with Crippen LogP contribution in [-0.2, 0) is 11.3 Å². The van der Waals surface area contributed by atoms with E-state index in [9.17, 15) is 4.79 Å². The largest absolute Gasteiger partial charge is 0.439 e. The van der Waals surface area contributed by atoms with Gasteiger partial charge in [0.1, 0.15) is 5.69 Å². The average Bonchev–Trinajstić information content (AvgIpc) is 3.67. The number of ether oxygens (including phenoxy) is 1. The third-order valence-electron chi connectivity index (χ3n) is 8.09. The minimum Gasteiger partial charge on any atom is -0.380 e. The van der Waals surface area contributed by atoms with Gasteiger partial charge in [-0.2, -0.15) is 0 Å². The summed E-state index contributed by atoms with van der Waals surface area (Å²) in [5, 5.41) is 4.41. The van der Waals surface area contributed by atoms with Gasteiger partial charge in [-0.25, -0.2) is 14.8 Å². The van der Waals surface area contributed by atoms with Gasteiger partial charge in [0.2, 0.25) is 11.8 Å². The van der Waals surface area contributed by atoms with Crippen LogP contribution in [0.4, 0.5) is 5.95 Å². The lowest BCUT2D eigenvalue weighted by Gasteiger charge is -2.30. The van der Waals surface area contributed by atoms with Gasteiger partial charge in [0.15, 0.2) is 0 Å². The number of nitrogens with one attached hydrogen (secondary N) is 1. The summed E-state index contributed by atoms with van der Waals surface area (Å²) in [4.78, 5) is 31.3. The van der Waals surface area contributed by atoms with Crippen molar-refractivity contribution in [3.63, 3.8) is 0 Å². The molecule has 6 rings (SSSR count). The van der Waals surface area contributed by atoms with Gasteiger partial charge in [0.25, 0.3) is 0 Å². The second kappa shape index (κ2) is 11.1. The van der Waals surface area contributed by atoms with Crippen LogP contribution in [0.1, 0.15) is 52.4 Å². The summed E-state index contributed by atoms with van der Waals surface area (Å²) in [5.41, 5.74) is 3.66. The van der Waals surface area contributed by atoms with E-state index in [2.05, 4.69) is 31.5 Å². The third-order valence-corrected chi connectivity index (χ3v) is 8.30. The minimum absolute atomic E-state index is 0.255. The van der Waals surface area contributed by atoms with Gasteiger partial charge in [-0.15, -0.1) is 0 Å². The Labute approximate surface area is 231 Å². The zero-order valence-corrected chi connectivity index (χ0v) is 23.2. The second-order valence-corrected chi connectivity index (χ2v) is 11.3. The molecule has 1 saturated heterocycles. The van der Waals surface area contributed by atoms with Crippen LogP contribution in [0.15, 0.2) is 33.8 Å². The van der Waals surface area contributed by atoms with Gasteiger partial charge in [-0.3, -0.25) is 14.5 Å². The first-order valence-corrected chi connectivity index (χ1v) is 14.3. The monoisotopic (exact) mass is 551 g/mol. The summed E-state index contributed by atoms with van der Waals surface area (Å²) in [5.74, 6) is 1.89. The predicted octanol–water partition coefficient (Wildman–Crippen LogP) is 5.32. The number of aromatic amines is 1. The molecule has 0 bridgehead atoms. The number of rotatable bonds is 8. The predicted molar refractivity (Wildman–Crippen MR) is 150 cm³/mol. The average molecular weight is 552 g/mol. The van der Waals surface area contributed by atoms with Gasteiger partial charge in [0.05, 0.1) is 34.4 Å². The van der Waals surface area contributed by atoms with Crippen LogP contribution in [-0.4, -0.2) is 55.5 Å². The number of imidazole rings is 1. The highest BCUT2D eigenvalue weighted by molar-refractivity contribution is 6.30. The van der Waals surface area contributed by atoms with Gasteiger partial charge in [0, 0.05) is 37.7 Å². The number of hydrogen-bond donors (Lipinski definition) is 1. The molecule has 1 N–H and O–H groups in total. The molecule has 0 unspecified atom stereocenters. The number of aromatic nitrogens is 6. The van der Waals surface area contributed by atoms with Crippen molar-refractivity contribution in [1.82, 2.24) is 29.7 Å². The molecular formula is C28H34ClN7O3. The van der Waals surface area contributed by atoms with Crippen molar-refractivity contribution in [1.29, 1.82) is 0 Å². The normalized spacial score (nSPS) is 21.7. The summed E-state index contributed by atoms with van der Waals surface area (Å²) in [6.07, 6.45) is 10.4. The van der Waals surface area contributed by atoms with Crippen molar-refractivity contribution in [2.75, 3.05) is 24.7 Å². The van der Waals surface area contributed by atoms with Crippen molar-refractivity contribution < 1.29 is 9.26 Å². The Kier molecular flexibility index (Phi) is 7.40. The molecule has 1 saturated carbocycles. The molecule has 39 heavy (non-hydrogen) atoms. The lowest BCUT2D eigenvalue weighted by molar-refractivity contribution is 0.133. The second-order valence-electron chi connectivity index (χ2n) is 10.9. The fraction of sp³-hybridized carbons (Fsp3) is 0.536. The minimum atomic E-state index is -0.633. The highest BCUT2D eigenvalue weighted by Gasteiger charge is 2.32. The third kappa shape index (κ3) is 5.32. The Hall–Kier alpha value is -3.24. The molecule has 1 aliphatic heterocycles. The van der Waals surface area contributed by atoms with Crippen LogP contribution < -0.4 is 10.7 Å². The van der Waals surface area contributed by atoms with E-state index >= 15 is 0 Å². The summed E-state index contributed by atoms with van der Waals surface area (Å²) in [7, 11) is 0. The molecule has 4 aromatic rings. The summed E-state index contributed by atoms with van der Waals surface area (Å²) < 4.78 is 13.0. The van der Waals surface area contributed by atoms with E-state index in [1.165, 1.54) is 25.7 Å². The van der Waals surface area contributed by atoms with Crippen LogP contribution in [0.3, 0.4) is 0 Å². The Morgan fingerprint density at radius 2 is 2.00 bits per heavy atom. The molecule has 2 fully saturated rings. The number of pyridine rings is 2. The Morgan fingerprint density at radius 3 is 2.74 bits per heavy atom. The molecular weight excluding hydrogens is 518 g/mol. The highest BCUT2D eigenvalue weighted by Crippen LogP contribution is 2.38. The molecule has 2 aliphatic rings. The van der Waals surface area contributed by atoms with Crippen molar-refractivity contribution in [2.45, 2.75) is 65.0 Å². The van der Waals surface area contributed by atoms with E-state index in [0.717, 1.165) is 54.4 Å². The summed E-state index contributed by atoms with van der Waals surface area (Å²) >= 11 is 6.38. The fourth-order valence-corrected chi connectivity index (χ4v) is 6.21. The Balaban J connectivity index is 1.55. The molecule has 1 atom stereocenters. The molecule has 4 aromatic heterocycles. The topological polar surface area (TPSA) is 115 Å². The van der Waals surface area contributed by atoms with Crippen LogP contribution in [0.2, 0.25) is 5.02 Å². The van der Waals surface area contributed by atoms with Crippen LogP contribution in [0.25, 0.3) is 33.8 Å².